The van der Waals surface area contributed by atoms with Gasteiger partial charge in [0.1, 0.15) is 0 Å². The minimum atomic E-state index is -0.0285. The van der Waals surface area contributed by atoms with E-state index < -0.39 is 0 Å². The SMILES string of the molecule is CNc1cc2c(cc1C)CC(C)(C)NC2=CC(=O)C1CCCCC1. The summed E-state index contributed by atoms with van der Waals surface area (Å²) in [5.74, 6) is 0.517. The molecule has 0 aromatic heterocycles. The van der Waals surface area contributed by atoms with Crippen LogP contribution in [0.1, 0.15) is 62.6 Å². The number of fused-ring (bicyclic) bond motifs is 1. The Morgan fingerprint density at radius 2 is 1.96 bits per heavy atom. The number of hydrogen-bond donors (Lipinski definition) is 2. The Labute approximate surface area is 145 Å². The Balaban J connectivity index is 1.98. The first-order valence-corrected chi connectivity index (χ1v) is 9.25. The van der Waals surface area contributed by atoms with Crippen molar-refractivity contribution in [2.45, 2.75) is 64.8 Å². The van der Waals surface area contributed by atoms with E-state index in [1.54, 1.807) is 0 Å². The predicted molar refractivity (Wildman–Crippen MR) is 101 cm³/mol. The summed E-state index contributed by atoms with van der Waals surface area (Å²) in [6, 6.07) is 4.45. The van der Waals surface area contributed by atoms with Crippen LogP contribution in [0.25, 0.3) is 5.70 Å². The number of aryl methyl sites for hydroxylation is 1. The molecule has 0 unspecified atom stereocenters. The number of allylic oxidation sites excluding steroid dienone is 1. The molecule has 3 heteroatoms. The zero-order chi connectivity index (χ0) is 17.3. The van der Waals surface area contributed by atoms with Crippen LogP contribution >= 0.6 is 0 Å². The second-order valence-corrected chi connectivity index (χ2v) is 8.06. The van der Waals surface area contributed by atoms with Crippen LogP contribution in [0.4, 0.5) is 5.69 Å². The largest absolute Gasteiger partial charge is 0.388 e. The average molecular weight is 326 g/mol. The summed E-state index contributed by atoms with van der Waals surface area (Å²) in [6.07, 6.45) is 8.62. The molecule has 0 spiro atoms. The third-order valence-electron chi connectivity index (χ3n) is 5.41. The van der Waals surface area contributed by atoms with Gasteiger partial charge in [-0.1, -0.05) is 25.3 Å². The van der Waals surface area contributed by atoms with Crippen LogP contribution in [-0.2, 0) is 11.2 Å². The zero-order valence-electron chi connectivity index (χ0n) is 15.5. The zero-order valence-corrected chi connectivity index (χ0v) is 15.5. The molecule has 24 heavy (non-hydrogen) atoms. The molecule has 0 atom stereocenters. The van der Waals surface area contributed by atoms with Gasteiger partial charge in [0.05, 0.1) is 0 Å². The fraction of sp³-hybridized carbons (Fsp3) is 0.571. The molecule has 0 saturated heterocycles. The molecule has 1 saturated carbocycles. The number of hydrogen-bond acceptors (Lipinski definition) is 3. The lowest BCUT2D eigenvalue weighted by Gasteiger charge is -2.36. The molecule has 2 N–H and O–H groups in total. The van der Waals surface area contributed by atoms with Gasteiger partial charge in [-0.25, -0.2) is 0 Å². The van der Waals surface area contributed by atoms with Crippen LogP contribution < -0.4 is 10.6 Å². The van der Waals surface area contributed by atoms with Crippen molar-refractivity contribution in [3.63, 3.8) is 0 Å². The number of rotatable bonds is 3. The van der Waals surface area contributed by atoms with E-state index in [9.17, 15) is 4.79 Å². The van der Waals surface area contributed by atoms with Gasteiger partial charge >= 0.3 is 0 Å². The molecule has 2 aliphatic rings. The van der Waals surface area contributed by atoms with Crippen molar-refractivity contribution in [3.05, 3.63) is 34.9 Å². The second-order valence-electron chi connectivity index (χ2n) is 8.06. The Morgan fingerprint density at radius 3 is 2.62 bits per heavy atom. The average Bonchev–Trinajstić information content (AvgIpc) is 2.54. The lowest BCUT2D eigenvalue weighted by molar-refractivity contribution is -0.119. The predicted octanol–water partition coefficient (Wildman–Crippen LogP) is 4.45. The fourth-order valence-corrected chi connectivity index (χ4v) is 4.15. The third kappa shape index (κ3) is 3.50. The van der Waals surface area contributed by atoms with Gasteiger partial charge < -0.3 is 10.6 Å². The smallest absolute Gasteiger partial charge is 0.160 e. The first-order chi connectivity index (χ1) is 11.4. The quantitative estimate of drug-likeness (QED) is 0.806. The number of ketones is 1. The van der Waals surface area contributed by atoms with Crippen LogP contribution in [0.3, 0.4) is 0 Å². The summed E-state index contributed by atoms with van der Waals surface area (Å²) in [4.78, 5) is 12.8. The van der Waals surface area contributed by atoms with Crippen LogP contribution in [-0.4, -0.2) is 18.4 Å². The molecule has 0 bridgehead atoms. The lowest BCUT2D eigenvalue weighted by atomic mass is 9.82. The highest BCUT2D eigenvalue weighted by Crippen LogP contribution is 2.34. The minimum Gasteiger partial charge on any atom is -0.388 e. The summed E-state index contributed by atoms with van der Waals surface area (Å²) in [7, 11) is 1.95. The monoisotopic (exact) mass is 326 g/mol. The van der Waals surface area contributed by atoms with Gasteiger partial charge in [-0.15, -0.1) is 0 Å². The summed E-state index contributed by atoms with van der Waals surface area (Å²) in [6.45, 7) is 6.55. The molecule has 0 radical (unpaired) electrons. The van der Waals surface area contributed by atoms with Crippen molar-refractivity contribution in [3.8, 4) is 0 Å². The highest BCUT2D eigenvalue weighted by atomic mass is 16.1. The van der Waals surface area contributed by atoms with E-state index in [1.165, 1.54) is 36.0 Å². The Morgan fingerprint density at radius 1 is 1.25 bits per heavy atom. The summed E-state index contributed by atoms with van der Waals surface area (Å²) >= 11 is 0. The molecule has 3 rings (SSSR count). The maximum absolute atomic E-state index is 12.8. The van der Waals surface area contributed by atoms with Gasteiger partial charge in [-0.05, 0) is 57.2 Å². The van der Waals surface area contributed by atoms with Crippen molar-refractivity contribution in [1.82, 2.24) is 5.32 Å². The number of benzene rings is 1. The second kappa shape index (κ2) is 6.62. The van der Waals surface area contributed by atoms with Gasteiger partial charge in [0, 0.05) is 41.5 Å². The summed E-state index contributed by atoms with van der Waals surface area (Å²) in [5, 5.41) is 6.87. The van der Waals surface area contributed by atoms with Crippen LogP contribution in [0.15, 0.2) is 18.2 Å². The molecule has 1 aromatic carbocycles. The molecule has 1 fully saturated rings. The first kappa shape index (κ1) is 17.1. The van der Waals surface area contributed by atoms with E-state index in [4.69, 9.17) is 0 Å². The van der Waals surface area contributed by atoms with Crippen molar-refractivity contribution in [1.29, 1.82) is 0 Å². The Hall–Kier alpha value is -1.77. The van der Waals surface area contributed by atoms with E-state index in [-0.39, 0.29) is 11.5 Å². The summed E-state index contributed by atoms with van der Waals surface area (Å²) in [5.41, 5.74) is 5.86. The molecule has 130 valence electrons. The highest BCUT2D eigenvalue weighted by molar-refractivity contribution is 5.99. The summed E-state index contributed by atoms with van der Waals surface area (Å²) < 4.78 is 0. The Bertz CT molecular complexity index is 667. The number of anilines is 1. The van der Waals surface area contributed by atoms with E-state index in [1.807, 2.05) is 13.1 Å². The van der Waals surface area contributed by atoms with Gasteiger partial charge in [0.2, 0.25) is 0 Å². The van der Waals surface area contributed by atoms with Gasteiger partial charge in [-0.2, -0.15) is 0 Å². The first-order valence-electron chi connectivity index (χ1n) is 9.25. The van der Waals surface area contributed by atoms with Crippen molar-refractivity contribution < 1.29 is 4.79 Å². The van der Waals surface area contributed by atoms with E-state index in [2.05, 4.69) is 43.5 Å². The van der Waals surface area contributed by atoms with Crippen LogP contribution in [0.5, 0.6) is 0 Å². The van der Waals surface area contributed by atoms with Gasteiger partial charge in [-0.3, -0.25) is 4.79 Å². The molecule has 1 aromatic rings. The number of nitrogens with one attached hydrogen (secondary N) is 2. The molecule has 3 nitrogen and oxygen atoms in total. The fourth-order valence-electron chi connectivity index (χ4n) is 4.15. The van der Waals surface area contributed by atoms with Gasteiger partial charge in [0.25, 0.3) is 0 Å². The van der Waals surface area contributed by atoms with Crippen LogP contribution in [0.2, 0.25) is 0 Å². The van der Waals surface area contributed by atoms with E-state index >= 15 is 0 Å². The molecule has 1 heterocycles. The Kier molecular flexibility index (Phi) is 4.71. The van der Waals surface area contributed by atoms with Crippen LogP contribution in [0, 0.1) is 12.8 Å². The molecule has 0 amide bonds. The molecule has 1 aliphatic heterocycles. The number of carbonyl (C=O) groups excluding carboxylic acids is 1. The maximum Gasteiger partial charge on any atom is 0.160 e. The molecule has 1 aliphatic carbocycles. The molecular weight excluding hydrogens is 296 g/mol. The highest BCUT2D eigenvalue weighted by Gasteiger charge is 2.29. The molecular formula is C21H30N2O. The third-order valence-corrected chi connectivity index (χ3v) is 5.41. The van der Waals surface area contributed by atoms with Crippen molar-refractivity contribution in [2.75, 3.05) is 12.4 Å². The number of carbonyl (C=O) groups is 1. The lowest BCUT2D eigenvalue weighted by Crippen LogP contribution is -2.44. The van der Waals surface area contributed by atoms with Crippen molar-refractivity contribution in [2.24, 2.45) is 5.92 Å². The standard InChI is InChI=1S/C21H30N2O/c1-14-10-16-13-21(2,3)23-19(17(16)11-18(14)22-4)12-20(24)15-8-6-5-7-9-15/h10-12,15,22-23H,5-9,13H2,1-4H3. The minimum absolute atomic E-state index is 0.0285. The normalized spacial score (nSPS) is 21.9. The van der Waals surface area contributed by atoms with Crippen molar-refractivity contribution >= 4 is 17.2 Å². The van der Waals surface area contributed by atoms with Gasteiger partial charge in [0.15, 0.2) is 5.78 Å². The topological polar surface area (TPSA) is 41.1 Å². The maximum atomic E-state index is 12.8. The van der Waals surface area contributed by atoms with E-state index in [0.717, 1.165) is 30.6 Å². The van der Waals surface area contributed by atoms with E-state index in [0.29, 0.717) is 5.78 Å².